The van der Waals surface area contributed by atoms with Gasteiger partial charge in [-0.25, -0.2) is 0 Å². The summed E-state index contributed by atoms with van der Waals surface area (Å²) in [6.45, 7) is 8.67. The minimum Gasteiger partial charge on any atom is -0.480 e. The molecule has 0 aromatic carbocycles. The first-order valence-corrected chi connectivity index (χ1v) is 6.89. The van der Waals surface area contributed by atoms with Crippen molar-refractivity contribution in [2.75, 3.05) is 0 Å². The van der Waals surface area contributed by atoms with Crippen molar-refractivity contribution >= 4 is 5.97 Å². The molecule has 100 valence electrons. The summed E-state index contributed by atoms with van der Waals surface area (Å²) in [5, 5.41) is 12.6. The van der Waals surface area contributed by atoms with Gasteiger partial charge < -0.3 is 10.4 Å². The molecule has 1 aliphatic rings. The molecule has 0 saturated heterocycles. The second kappa shape index (κ2) is 6.39. The average molecular weight is 241 g/mol. The highest BCUT2D eigenvalue weighted by Gasteiger charge is 2.29. The summed E-state index contributed by atoms with van der Waals surface area (Å²) >= 11 is 0. The van der Waals surface area contributed by atoms with Crippen molar-refractivity contribution in [3.05, 3.63) is 0 Å². The monoisotopic (exact) mass is 241 g/mol. The Kier molecular flexibility index (Phi) is 5.44. The van der Waals surface area contributed by atoms with Crippen molar-refractivity contribution in [3.63, 3.8) is 0 Å². The van der Waals surface area contributed by atoms with Crippen LogP contribution in [0.3, 0.4) is 0 Å². The quantitative estimate of drug-likeness (QED) is 0.778. The Morgan fingerprint density at radius 2 is 2.00 bits per heavy atom. The van der Waals surface area contributed by atoms with E-state index in [0.29, 0.717) is 24.3 Å². The van der Waals surface area contributed by atoms with Crippen molar-refractivity contribution in [2.24, 2.45) is 17.8 Å². The maximum atomic E-state index is 11.2. The maximum Gasteiger partial charge on any atom is 0.320 e. The number of rotatable bonds is 5. The fourth-order valence-electron chi connectivity index (χ4n) is 2.88. The maximum absolute atomic E-state index is 11.2. The summed E-state index contributed by atoms with van der Waals surface area (Å²) in [6.07, 6.45) is 4.26. The lowest BCUT2D eigenvalue weighted by atomic mass is 9.79. The van der Waals surface area contributed by atoms with Gasteiger partial charge in [-0.2, -0.15) is 0 Å². The third kappa shape index (κ3) is 4.66. The normalized spacial score (nSPS) is 31.5. The Bertz CT molecular complexity index is 253. The molecule has 0 radical (unpaired) electrons. The summed E-state index contributed by atoms with van der Waals surface area (Å²) in [5.74, 6) is 1.09. The number of hydrogen-bond acceptors (Lipinski definition) is 2. The molecule has 0 bridgehead atoms. The minimum absolute atomic E-state index is 0.379. The summed E-state index contributed by atoms with van der Waals surface area (Å²) < 4.78 is 0. The third-order valence-electron chi connectivity index (χ3n) is 3.85. The Morgan fingerprint density at radius 3 is 2.47 bits per heavy atom. The van der Waals surface area contributed by atoms with Gasteiger partial charge in [-0.05, 0) is 43.4 Å². The van der Waals surface area contributed by atoms with Crippen LogP contribution in [0.15, 0.2) is 0 Å². The Morgan fingerprint density at radius 1 is 1.35 bits per heavy atom. The number of hydrogen-bond donors (Lipinski definition) is 2. The molecular weight excluding hydrogens is 214 g/mol. The predicted octanol–water partition coefficient (Wildman–Crippen LogP) is 2.90. The van der Waals surface area contributed by atoms with E-state index in [4.69, 9.17) is 0 Å². The van der Waals surface area contributed by atoms with Gasteiger partial charge in [-0.3, -0.25) is 4.79 Å². The van der Waals surface area contributed by atoms with Gasteiger partial charge in [0.1, 0.15) is 6.04 Å². The highest BCUT2D eigenvalue weighted by Crippen LogP contribution is 2.29. The van der Waals surface area contributed by atoms with Crippen LogP contribution in [0.2, 0.25) is 0 Å². The van der Waals surface area contributed by atoms with E-state index < -0.39 is 5.97 Å². The minimum atomic E-state index is -0.704. The van der Waals surface area contributed by atoms with Crippen molar-refractivity contribution in [1.82, 2.24) is 5.32 Å². The van der Waals surface area contributed by atoms with Gasteiger partial charge in [0, 0.05) is 6.04 Å². The lowest BCUT2D eigenvalue weighted by molar-refractivity contribution is -0.140. The van der Waals surface area contributed by atoms with Crippen molar-refractivity contribution in [2.45, 2.75) is 65.5 Å². The van der Waals surface area contributed by atoms with Crippen LogP contribution in [0.1, 0.15) is 53.4 Å². The van der Waals surface area contributed by atoms with Gasteiger partial charge in [0.2, 0.25) is 0 Å². The molecule has 0 spiro atoms. The molecule has 1 fully saturated rings. The fraction of sp³-hybridized carbons (Fsp3) is 0.929. The number of carboxylic acid groups (broad SMARTS) is 1. The van der Waals surface area contributed by atoms with Gasteiger partial charge in [-0.15, -0.1) is 0 Å². The average Bonchev–Trinajstić information content (AvgIpc) is 2.19. The van der Waals surface area contributed by atoms with Crippen LogP contribution in [-0.2, 0) is 4.79 Å². The molecule has 2 N–H and O–H groups in total. The molecule has 17 heavy (non-hydrogen) atoms. The second-order valence-electron chi connectivity index (χ2n) is 6.19. The van der Waals surface area contributed by atoms with Gasteiger partial charge in [0.05, 0.1) is 0 Å². The topological polar surface area (TPSA) is 49.3 Å². The molecule has 1 rings (SSSR count). The first-order chi connectivity index (χ1) is 7.90. The zero-order valence-electron chi connectivity index (χ0n) is 11.6. The summed E-state index contributed by atoms with van der Waals surface area (Å²) in [7, 11) is 0. The molecule has 3 heteroatoms. The van der Waals surface area contributed by atoms with Gasteiger partial charge in [0.15, 0.2) is 0 Å². The molecular formula is C14H27NO2. The first-order valence-electron chi connectivity index (χ1n) is 6.89. The van der Waals surface area contributed by atoms with E-state index in [2.05, 4.69) is 33.0 Å². The van der Waals surface area contributed by atoms with Crippen LogP contribution >= 0.6 is 0 Å². The molecule has 1 aliphatic carbocycles. The number of aliphatic carboxylic acids is 1. The largest absolute Gasteiger partial charge is 0.480 e. The second-order valence-corrected chi connectivity index (χ2v) is 6.19. The lowest BCUT2D eigenvalue weighted by Gasteiger charge is -2.35. The first kappa shape index (κ1) is 14.5. The van der Waals surface area contributed by atoms with Crippen LogP contribution < -0.4 is 5.32 Å². The molecule has 3 nitrogen and oxygen atoms in total. The van der Waals surface area contributed by atoms with E-state index >= 15 is 0 Å². The van der Waals surface area contributed by atoms with Crippen molar-refractivity contribution in [3.8, 4) is 0 Å². The number of carbonyl (C=O) groups is 1. The molecule has 0 aliphatic heterocycles. The molecule has 0 aromatic rings. The standard InChI is InChI=1S/C14H27NO2/c1-9(2)7-13(14(16)17)15-12-6-5-10(3)8-11(12)4/h9-13,15H,5-8H2,1-4H3,(H,16,17). The fourth-order valence-corrected chi connectivity index (χ4v) is 2.88. The SMILES string of the molecule is CC(C)CC(NC1CCC(C)CC1C)C(=O)O. The molecule has 1 saturated carbocycles. The molecule has 4 unspecified atom stereocenters. The molecule has 4 atom stereocenters. The molecule has 0 heterocycles. The molecule has 0 amide bonds. The van der Waals surface area contributed by atoms with Crippen LogP contribution in [0, 0.1) is 17.8 Å². The van der Waals surface area contributed by atoms with Gasteiger partial charge in [-0.1, -0.05) is 27.7 Å². The lowest BCUT2D eigenvalue weighted by Crippen LogP contribution is -2.48. The van der Waals surface area contributed by atoms with Crippen LogP contribution in [0.25, 0.3) is 0 Å². The zero-order chi connectivity index (χ0) is 13.0. The van der Waals surface area contributed by atoms with Crippen LogP contribution in [-0.4, -0.2) is 23.2 Å². The van der Waals surface area contributed by atoms with E-state index in [0.717, 1.165) is 12.3 Å². The summed E-state index contributed by atoms with van der Waals surface area (Å²) in [5.41, 5.74) is 0. The van der Waals surface area contributed by atoms with Crippen molar-refractivity contribution < 1.29 is 9.90 Å². The highest BCUT2D eigenvalue weighted by atomic mass is 16.4. The van der Waals surface area contributed by atoms with Gasteiger partial charge in [0.25, 0.3) is 0 Å². The molecule has 0 aromatic heterocycles. The van der Waals surface area contributed by atoms with E-state index in [-0.39, 0.29) is 6.04 Å². The Hall–Kier alpha value is -0.570. The van der Waals surface area contributed by atoms with Crippen LogP contribution in [0.4, 0.5) is 0 Å². The summed E-state index contributed by atoms with van der Waals surface area (Å²) in [6, 6.07) is 0.00176. The van der Waals surface area contributed by atoms with E-state index in [1.807, 2.05) is 0 Å². The Balaban J connectivity index is 2.51. The van der Waals surface area contributed by atoms with E-state index in [1.54, 1.807) is 0 Å². The van der Waals surface area contributed by atoms with Gasteiger partial charge >= 0.3 is 5.97 Å². The highest BCUT2D eigenvalue weighted by molar-refractivity contribution is 5.73. The third-order valence-corrected chi connectivity index (χ3v) is 3.85. The smallest absolute Gasteiger partial charge is 0.320 e. The summed E-state index contributed by atoms with van der Waals surface area (Å²) in [4.78, 5) is 11.2. The predicted molar refractivity (Wildman–Crippen MR) is 70.0 cm³/mol. The van der Waals surface area contributed by atoms with Crippen LogP contribution in [0.5, 0.6) is 0 Å². The van der Waals surface area contributed by atoms with E-state index in [1.165, 1.54) is 12.8 Å². The Labute approximate surface area is 105 Å². The number of nitrogens with one attached hydrogen (secondary N) is 1. The van der Waals surface area contributed by atoms with E-state index in [9.17, 15) is 9.90 Å². The zero-order valence-corrected chi connectivity index (χ0v) is 11.6. The number of carboxylic acids is 1. The van der Waals surface area contributed by atoms with Crippen molar-refractivity contribution in [1.29, 1.82) is 0 Å².